The van der Waals surface area contributed by atoms with E-state index in [1.54, 1.807) is 7.11 Å². The molecule has 146 valence electrons. The summed E-state index contributed by atoms with van der Waals surface area (Å²) >= 11 is 0. The molecular formula is C21H31N5O. The van der Waals surface area contributed by atoms with E-state index in [0.29, 0.717) is 12.0 Å². The van der Waals surface area contributed by atoms with E-state index in [2.05, 4.69) is 51.2 Å². The summed E-state index contributed by atoms with van der Waals surface area (Å²) in [6.07, 6.45) is 8.96. The molecule has 2 aromatic rings. The molecular weight excluding hydrogens is 338 g/mol. The molecule has 0 saturated heterocycles. The number of hydrogen-bond donors (Lipinski definition) is 2. The highest BCUT2D eigenvalue weighted by molar-refractivity contribution is 5.79. The Labute approximate surface area is 162 Å². The standard InChI is InChI=1S/C21H31N5O/c1-22-20(24-17-21(9-6-10-21)11-12-27-2)23-13-19-14-25-26(16-19)15-18-7-4-3-5-8-18/h3-5,7-8,14,16H,6,9-13,15,17H2,1-2H3,(H2,22,23,24). The average molecular weight is 370 g/mol. The SMILES string of the molecule is CN=C(NCc1cnn(Cc2ccccc2)c1)NCC1(CCOC)CCC1. The van der Waals surface area contributed by atoms with Crippen molar-refractivity contribution in [2.75, 3.05) is 27.3 Å². The van der Waals surface area contributed by atoms with Crippen molar-refractivity contribution >= 4 is 5.96 Å². The molecule has 0 unspecified atom stereocenters. The van der Waals surface area contributed by atoms with E-state index < -0.39 is 0 Å². The van der Waals surface area contributed by atoms with E-state index in [4.69, 9.17) is 4.74 Å². The van der Waals surface area contributed by atoms with Crippen LogP contribution in [-0.2, 0) is 17.8 Å². The summed E-state index contributed by atoms with van der Waals surface area (Å²) in [5, 5.41) is 11.3. The summed E-state index contributed by atoms with van der Waals surface area (Å²) in [6, 6.07) is 10.4. The van der Waals surface area contributed by atoms with Crippen LogP contribution in [0.25, 0.3) is 0 Å². The number of nitrogens with zero attached hydrogens (tertiary/aromatic N) is 3. The molecule has 0 amide bonds. The lowest BCUT2D eigenvalue weighted by Crippen LogP contribution is -2.46. The molecule has 0 radical (unpaired) electrons. The smallest absolute Gasteiger partial charge is 0.191 e. The molecule has 1 aliphatic carbocycles. The first-order chi connectivity index (χ1) is 13.2. The Kier molecular flexibility index (Phi) is 6.87. The normalized spacial score (nSPS) is 16.0. The van der Waals surface area contributed by atoms with Gasteiger partial charge in [-0.15, -0.1) is 0 Å². The fourth-order valence-corrected chi connectivity index (χ4v) is 3.54. The van der Waals surface area contributed by atoms with Crippen molar-refractivity contribution in [1.29, 1.82) is 0 Å². The molecule has 1 heterocycles. The van der Waals surface area contributed by atoms with Crippen LogP contribution in [0, 0.1) is 5.41 Å². The molecule has 2 N–H and O–H groups in total. The molecule has 6 nitrogen and oxygen atoms in total. The second-order valence-corrected chi connectivity index (χ2v) is 7.41. The number of ether oxygens (including phenoxy) is 1. The van der Waals surface area contributed by atoms with Crippen LogP contribution in [0.15, 0.2) is 47.7 Å². The van der Waals surface area contributed by atoms with Gasteiger partial charge in [0.1, 0.15) is 0 Å². The second-order valence-electron chi connectivity index (χ2n) is 7.41. The van der Waals surface area contributed by atoms with E-state index in [9.17, 15) is 0 Å². The van der Waals surface area contributed by atoms with Gasteiger partial charge in [0.05, 0.1) is 12.7 Å². The minimum Gasteiger partial charge on any atom is -0.385 e. The van der Waals surface area contributed by atoms with Gasteiger partial charge in [-0.2, -0.15) is 5.10 Å². The van der Waals surface area contributed by atoms with Crippen molar-refractivity contribution in [3.63, 3.8) is 0 Å². The maximum atomic E-state index is 5.27. The quantitative estimate of drug-likeness (QED) is 0.527. The molecule has 0 spiro atoms. The highest BCUT2D eigenvalue weighted by Crippen LogP contribution is 2.43. The average Bonchev–Trinajstić information content (AvgIpc) is 3.11. The molecule has 0 bridgehead atoms. The third kappa shape index (κ3) is 5.57. The zero-order valence-corrected chi connectivity index (χ0v) is 16.4. The molecule has 1 fully saturated rings. The Morgan fingerprint density at radius 2 is 2.04 bits per heavy atom. The van der Waals surface area contributed by atoms with Gasteiger partial charge >= 0.3 is 0 Å². The number of rotatable bonds is 9. The van der Waals surface area contributed by atoms with Gasteiger partial charge in [-0.1, -0.05) is 36.8 Å². The topological polar surface area (TPSA) is 63.5 Å². The number of aliphatic imine (C=N–C) groups is 1. The van der Waals surface area contributed by atoms with Crippen molar-refractivity contribution in [2.24, 2.45) is 10.4 Å². The number of guanidine groups is 1. The molecule has 1 aromatic carbocycles. The first-order valence-electron chi connectivity index (χ1n) is 9.72. The van der Waals surface area contributed by atoms with Crippen LogP contribution in [0.4, 0.5) is 0 Å². The molecule has 1 aliphatic rings. The van der Waals surface area contributed by atoms with Gasteiger partial charge in [-0.3, -0.25) is 9.67 Å². The van der Waals surface area contributed by atoms with Crippen LogP contribution in [0.2, 0.25) is 0 Å². The lowest BCUT2D eigenvalue weighted by molar-refractivity contribution is 0.0732. The van der Waals surface area contributed by atoms with Gasteiger partial charge in [0, 0.05) is 45.6 Å². The van der Waals surface area contributed by atoms with Gasteiger partial charge in [0.25, 0.3) is 0 Å². The predicted octanol–water partition coefficient (Wildman–Crippen LogP) is 2.80. The van der Waals surface area contributed by atoms with Gasteiger partial charge in [0.15, 0.2) is 5.96 Å². The largest absolute Gasteiger partial charge is 0.385 e. The maximum absolute atomic E-state index is 5.27. The lowest BCUT2D eigenvalue weighted by Gasteiger charge is -2.42. The van der Waals surface area contributed by atoms with Crippen LogP contribution in [0.5, 0.6) is 0 Å². The summed E-state index contributed by atoms with van der Waals surface area (Å²) in [6.45, 7) is 3.27. The third-order valence-corrected chi connectivity index (χ3v) is 5.44. The molecule has 1 saturated carbocycles. The highest BCUT2D eigenvalue weighted by atomic mass is 16.5. The van der Waals surface area contributed by atoms with E-state index in [1.807, 2.05) is 24.0 Å². The van der Waals surface area contributed by atoms with Gasteiger partial charge in [-0.25, -0.2) is 0 Å². The summed E-state index contributed by atoms with van der Waals surface area (Å²) in [5.74, 6) is 0.842. The van der Waals surface area contributed by atoms with Crippen molar-refractivity contribution < 1.29 is 4.74 Å². The van der Waals surface area contributed by atoms with Crippen molar-refractivity contribution in [2.45, 2.75) is 38.8 Å². The minimum absolute atomic E-state index is 0.369. The van der Waals surface area contributed by atoms with Gasteiger partial charge in [-0.05, 0) is 30.2 Å². The summed E-state index contributed by atoms with van der Waals surface area (Å²) < 4.78 is 7.24. The van der Waals surface area contributed by atoms with Crippen molar-refractivity contribution in [1.82, 2.24) is 20.4 Å². The number of aromatic nitrogens is 2. The Morgan fingerprint density at radius 3 is 2.70 bits per heavy atom. The van der Waals surface area contributed by atoms with Crippen LogP contribution >= 0.6 is 0 Å². The van der Waals surface area contributed by atoms with E-state index >= 15 is 0 Å². The zero-order valence-electron chi connectivity index (χ0n) is 16.4. The van der Waals surface area contributed by atoms with Crippen LogP contribution in [0.3, 0.4) is 0 Å². The Bertz CT molecular complexity index is 721. The number of benzene rings is 1. The molecule has 0 aliphatic heterocycles. The lowest BCUT2D eigenvalue weighted by atomic mass is 9.67. The summed E-state index contributed by atoms with van der Waals surface area (Å²) in [7, 11) is 3.59. The maximum Gasteiger partial charge on any atom is 0.191 e. The Hall–Kier alpha value is -2.34. The Balaban J connectivity index is 1.45. The van der Waals surface area contributed by atoms with Crippen molar-refractivity contribution in [3.8, 4) is 0 Å². The first-order valence-corrected chi connectivity index (χ1v) is 9.72. The van der Waals surface area contributed by atoms with Crippen LogP contribution in [0.1, 0.15) is 36.8 Å². The van der Waals surface area contributed by atoms with Crippen LogP contribution < -0.4 is 10.6 Å². The highest BCUT2D eigenvalue weighted by Gasteiger charge is 2.36. The van der Waals surface area contributed by atoms with E-state index in [1.165, 1.54) is 24.8 Å². The molecule has 1 aromatic heterocycles. The minimum atomic E-state index is 0.369. The summed E-state index contributed by atoms with van der Waals surface area (Å²) in [4.78, 5) is 4.36. The van der Waals surface area contributed by atoms with Crippen LogP contribution in [-0.4, -0.2) is 43.0 Å². The van der Waals surface area contributed by atoms with Gasteiger partial charge in [0.2, 0.25) is 0 Å². The summed E-state index contributed by atoms with van der Waals surface area (Å²) in [5.41, 5.74) is 2.76. The number of methoxy groups -OCH3 is 1. The number of nitrogens with one attached hydrogen (secondary N) is 2. The van der Waals surface area contributed by atoms with Gasteiger partial charge < -0.3 is 15.4 Å². The second kappa shape index (κ2) is 9.55. The first kappa shape index (κ1) is 19.4. The molecule has 3 rings (SSSR count). The molecule has 27 heavy (non-hydrogen) atoms. The number of hydrogen-bond acceptors (Lipinski definition) is 3. The van der Waals surface area contributed by atoms with E-state index in [-0.39, 0.29) is 0 Å². The third-order valence-electron chi connectivity index (χ3n) is 5.44. The monoisotopic (exact) mass is 369 g/mol. The zero-order chi connectivity index (χ0) is 19.0. The fraction of sp³-hybridized carbons (Fsp3) is 0.524. The Morgan fingerprint density at radius 1 is 1.22 bits per heavy atom. The molecule has 6 heteroatoms. The predicted molar refractivity (Wildman–Crippen MR) is 109 cm³/mol. The molecule has 0 atom stereocenters. The fourth-order valence-electron chi connectivity index (χ4n) is 3.54. The van der Waals surface area contributed by atoms with E-state index in [0.717, 1.165) is 37.6 Å². The van der Waals surface area contributed by atoms with Crippen molar-refractivity contribution in [3.05, 3.63) is 53.9 Å².